The molecule has 4 rings (SSSR count). The summed E-state index contributed by atoms with van der Waals surface area (Å²) in [4.78, 5) is 29.0. The van der Waals surface area contributed by atoms with Gasteiger partial charge in [-0.2, -0.15) is 0 Å². The maximum Gasteiger partial charge on any atom is 0.150 e. The summed E-state index contributed by atoms with van der Waals surface area (Å²) in [6, 6.07) is 16.5. The summed E-state index contributed by atoms with van der Waals surface area (Å²) < 4.78 is 0. The molecule has 3 aromatic rings. The summed E-state index contributed by atoms with van der Waals surface area (Å²) in [5.41, 5.74) is 6.71. The number of allylic oxidation sites excluding steroid dienone is 2. The van der Waals surface area contributed by atoms with Gasteiger partial charge in [-0.1, -0.05) is 55.0 Å². The van der Waals surface area contributed by atoms with Gasteiger partial charge < -0.3 is 10.3 Å². The second kappa shape index (κ2) is 8.93. The molecule has 4 nitrogen and oxygen atoms in total. The Morgan fingerprint density at radius 2 is 1.90 bits per heavy atom. The zero-order chi connectivity index (χ0) is 22.0. The summed E-state index contributed by atoms with van der Waals surface area (Å²) in [6.45, 7) is 6.71. The van der Waals surface area contributed by atoms with Crippen LogP contribution in [-0.2, 0) is 16.0 Å². The molecule has 2 N–H and O–H groups in total. The van der Waals surface area contributed by atoms with Crippen LogP contribution in [-0.4, -0.2) is 23.1 Å². The van der Waals surface area contributed by atoms with Crippen molar-refractivity contribution in [1.82, 2.24) is 10.3 Å². The Morgan fingerprint density at radius 3 is 2.65 bits per heavy atom. The Morgan fingerprint density at radius 1 is 1.13 bits per heavy atom. The summed E-state index contributed by atoms with van der Waals surface area (Å²) >= 11 is 0. The topological polar surface area (TPSA) is 62.0 Å². The number of aromatic amines is 1. The van der Waals surface area contributed by atoms with Gasteiger partial charge in [0.05, 0.1) is 0 Å². The number of aryl methyl sites for hydroxylation is 2. The Hall–Kier alpha value is -3.14. The fourth-order valence-electron chi connectivity index (χ4n) is 4.66. The Bertz CT molecular complexity index is 1140. The molecule has 4 heteroatoms. The largest absolute Gasteiger partial charge is 0.387 e. The molecule has 2 unspecified atom stereocenters. The van der Waals surface area contributed by atoms with Crippen LogP contribution in [0, 0.1) is 19.8 Å². The molecular weight excluding hydrogens is 384 g/mol. The molecule has 0 aliphatic heterocycles. The predicted octanol–water partition coefficient (Wildman–Crippen LogP) is 5.15. The predicted molar refractivity (Wildman–Crippen MR) is 125 cm³/mol. The van der Waals surface area contributed by atoms with E-state index in [0.717, 1.165) is 23.2 Å². The lowest BCUT2D eigenvalue weighted by Gasteiger charge is -2.28. The van der Waals surface area contributed by atoms with Crippen molar-refractivity contribution in [2.75, 3.05) is 6.54 Å². The molecule has 1 aromatic heterocycles. The van der Waals surface area contributed by atoms with Crippen molar-refractivity contribution in [3.05, 3.63) is 82.7 Å². The van der Waals surface area contributed by atoms with Crippen molar-refractivity contribution in [2.45, 2.75) is 46.0 Å². The number of fused-ring (bicyclic) bond motifs is 1. The van der Waals surface area contributed by atoms with E-state index in [9.17, 15) is 9.59 Å². The molecule has 0 spiro atoms. The van der Waals surface area contributed by atoms with E-state index in [0.29, 0.717) is 19.4 Å². The molecule has 31 heavy (non-hydrogen) atoms. The number of ketones is 2. The lowest BCUT2D eigenvalue weighted by Crippen LogP contribution is -2.37. The summed E-state index contributed by atoms with van der Waals surface area (Å²) in [5.74, 6) is -0.635. The number of carbonyl (C=O) groups is 2. The molecule has 0 saturated heterocycles. The second-order valence-corrected chi connectivity index (χ2v) is 8.52. The lowest BCUT2D eigenvalue weighted by molar-refractivity contribution is -0.131. The number of rotatable bonds is 7. The van der Waals surface area contributed by atoms with Gasteiger partial charge in [-0.25, -0.2) is 0 Å². The van der Waals surface area contributed by atoms with Crippen molar-refractivity contribution < 1.29 is 9.59 Å². The molecule has 160 valence electrons. The van der Waals surface area contributed by atoms with Crippen molar-refractivity contribution in [3.8, 4) is 0 Å². The van der Waals surface area contributed by atoms with E-state index in [4.69, 9.17) is 0 Å². The molecule has 1 heterocycles. The summed E-state index contributed by atoms with van der Waals surface area (Å²) in [5, 5.41) is 4.71. The van der Waals surface area contributed by atoms with Crippen molar-refractivity contribution >= 4 is 22.5 Å². The van der Waals surface area contributed by atoms with Crippen LogP contribution in [0.4, 0.5) is 0 Å². The molecule has 1 aliphatic carbocycles. The molecule has 2 atom stereocenters. The van der Waals surface area contributed by atoms with Gasteiger partial charge in [0.2, 0.25) is 0 Å². The fourth-order valence-corrected chi connectivity index (χ4v) is 4.66. The number of carbonyl (C=O) groups excluding carboxylic acids is 2. The smallest absolute Gasteiger partial charge is 0.150 e. The van der Waals surface area contributed by atoms with E-state index in [2.05, 4.69) is 48.4 Å². The minimum absolute atomic E-state index is 0.00541. The van der Waals surface area contributed by atoms with Gasteiger partial charge in [-0.15, -0.1) is 0 Å². The Balaban J connectivity index is 1.57. The van der Waals surface area contributed by atoms with Crippen LogP contribution in [0.25, 0.3) is 10.9 Å². The second-order valence-electron chi connectivity index (χ2n) is 8.52. The van der Waals surface area contributed by atoms with Gasteiger partial charge >= 0.3 is 0 Å². The number of benzene rings is 2. The van der Waals surface area contributed by atoms with Crippen molar-refractivity contribution in [1.29, 1.82) is 0 Å². The van der Waals surface area contributed by atoms with Crippen molar-refractivity contribution in [2.24, 2.45) is 5.92 Å². The minimum atomic E-state index is -0.656. The zero-order valence-corrected chi connectivity index (χ0v) is 18.5. The highest BCUT2D eigenvalue weighted by Gasteiger charge is 2.35. The number of nitrogens with one attached hydrogen (secondary N) is 2. The Kier molecular flexibility index (Phi) is 6.08. The normalized spacial score (nSPS) is 18.8. The number of Topliss-reactive ketones (excluding diaryl/α,β-unsaturated/α-hetero) is 2. The molecule has 1 aliphatic rings. The number of hydrogen-bond donors (Lipinski definition) is 2. The number of hydrogen-bond acceptors (Lipinski definition) is 3. The maximum absolute atomic E-state index is 12.9. The molecule has 0 saturated carbocycles. The van der Waals surface area contributed by atoms with Gasteiger partial charge in [-0.05, 0) is 43.5 Å². The van der Waals surface area contributed by atoms with Gasteiger partial charge in [0, 0.05) is 47.6 Å². The van der Waals surface area contributed by atoms with Gasteiger partial charge in [0.25, 0.3) is 0 Å². The van der Waals surface area contributed by atoms with Crippen LogP contribution in [0.5, 0.6) is 0 Å². The van der Waals surface area contributed by atoms with E-state index >= 15 is 0 Å². The SMILES string of the molecule is CCC(=O)C1C(=O)CC(c2ccccc2)C=C1NCCc1c(C)[nH]c2ccc(C)cc12. The highest BCUT2D eigenvalue weighted by atomic mass is 16.2. The number of aromatic nitrogens is 1. The lowest BCUT2D eigenvalue weighted by atomic mass is 9.79. The zero-order valence-electron chi connectivity index (χ0n) is 18.5. The first kappa shape index (κ1) is 21.1. The third kappa shape index (κ3) is 4.34. The average molecular weight is 415 g/mol. The third-order valence-corrected chi connectivity index (χ3v) is 6.31. The van der Waals surface area contributed by atoms with Crippen LogP contribution >= 0.6 is 0 Å². The molecule has 0 bridgehead atoms. The van der Waals surface area contributed by atoms with Crippen molar-refractivity contribution in [3.63, 3.8) is 0 Å². The summed E-state index contributed by atoms with van der Waals surface area (Å²) in [6.07, 6.45) is 3.67. The average Bonchev–Trinajstić information content (AvgIpc) is 3.08. The molecular formula is C27H30N2O2. The molecule has 0 fully saturated rings. The standard InChI is InChI=1S/C27H30N2O2/c1-4-25(30)27-24(15-20(16-26(27)31)19-8-6-5-7-9-19)28-13-12-21-18(3)29-23-11-10-17(2)14-22(21)23/h5-11,14-15,20,27-29H,4,12-13,16H2,1-3H3. The highest BCUT2D eigenvalue weighted by Crippen LogP contribution is 2.32. The fraction of sp³-hybridized carbons (Fsp3) is 0.333. The van der Waals surface area contributed by atoms with E-state index in [-0.39, 0.29) is 17.5 Å². The highest BCUT2D eigenvalue weighted by molar-refractivity contribution is 6.06. The summed E-state index contributed by atoms with van der Waals surface area (Å²) in [7, 11) is 0. The first-order valence-corrected chi connectivity index (χ1v) is 11.1. The number of H-pyrrole nitrogens is 1. The first-order valence-electron chi connectivity index (χ1n) is 11.1. The van der Waals surface area contributed by atoms with Crippen LogP contribution in [0.2, 0.25) is 0 Å². The van der Waals surface area contributed by atoms with E-state index in [1.54, 1.807) is 0 Å². The molecule has 0 amide bonds. The van der Waals surface area contributed by atoms with Gasteiger partial charge in [-0.3, -0.25) is 9.59 Å². The third-order valence-electron chi connectivity index (χ3n) is 6.31. The molecule has 0 radical (unpaired) electrons. The van der Waals surface area contributed by atoms with E-state index in [1.165, 1.54) is 22.2 Å². The van der Waals surface area contributed by atoms with Crippen LogP contribution < -0.4 is 5.32 Å². The van der Waals surface area contributed by atoms with Gasteiger partial charge in [0.1, 0.15) is 17.5 Å². The van der Waals surface area contributed by atoms with Crippen LogP contribution in [0.1, 0.15) is 48.1 Å². The quantitative estimate of drug-likeness (QED) is 0.526. The minimum Gasteiger partial charge on any atom is -0.387 e. The molecule has 2 aromatic carbocycles. The van der Waals surface area contributed by atoms with E-state index < -0.39 is 5.92 Å². The first-order chi connectivity index (χ1) is 15.0. The maximum atomic E-state index is 12.9. The van der Waals surface area contributed by atoms with Crippen LogP contribution in [0.15, 0.2) is 60.3 Å². The monoisotopic (exact) mass is 414 g/mol. The van der Waals surface area contributed by atoms with Gasteiger partial charge in [0.15, 0.2) is 0 Å². The van der Waals surface area contributed by atoms with E-state index in [1.807, 2.05) is 37.3 Å². The van der Waals surface area contributed by atoms with Crippen LogP contribution in [0.3, 0.4) is 0 Å². The Labute approximate surface area is 183 Å².